The SMILES string of the molecule is COC(=O)[C@@H](C)C[C@@H](C(N)=O)N1Cc2c(ccc(N3CCC(C(OC)OC)CC3)c2F)C1=O. The maximum Gasteiger partial charge on any atom is 0.308 e. The summed E-state index contributed by atoms with van der Waals surface area (Å²) < 4.78 is 31.0. The van der Waals surface area contributed by atoms with E-state index in [1.807, 2.05) is 4.90 Å². The summed E-state index contributed by atoms with van der Waals surface area (Å²) in [6.45, 7) is 2.76. The van der Waals surface area contributed by atoms with Gasteiger partial charge in [0.05, 0.1) is 25.3 Å². The Bertz CT molecular complexity index is 898. The molecule has 0 spiro atoms. The smallest absolute Gasteiger partial charge is 0.308 e. The van der Waals surface area contributed by atoms with Gasteiger partial charge in [-0.1, -0.05) is 6.92 Å². The van der Waals surface area contributed by atoms with Gasteiger partial charge in [0, 0.05) is 44.4 Å². The molecule has 0 unspecified atom stereocenters. The molecule has 10 heteroatoms. The molecular weight excluding hydrogens is 433 g/mol. The third-order valence-corrected chi connectivity index (χ3v) is 6.66. The lowest BCUT2D eigenvalue weighted by Crippen LogP contribution is -2.46. The Morgan fingerprint density at radius 2 is 1.82 bits per heavy atom. The molecule has 2 heterocycles. The predicted octanol–water partition coefficient (Wildman–Crippen LogP) is 1.67. The highest BCUT2D eigenvalue weighted by atomic mass is 19.1. The first-order chi connectivity index (χ1) is 15.7. The van der Waals surface area contributed by atoms with Crippen molar-refractivity contribution in [1.29, 1.82) is 0 Å². The van der Waals surface area contributed by atoms with Crippen LogP contribution in [0, 0.1) is 17.7 Å². The van der Waals surface area contributed by atoms with Gasteiger partial charge in [-0.05, 0) is 31.4 Å². The second kappa shape index (κ2) is 10.5. The molecule has 0 bridgehead atoms. The van der Waals surface area contributed by atoms with E-state index in [0.717, 1.165) is 12.8 Å². The van der Waals surface area contributed by atoms with Gasteiger partial charge < -0.3 is 29.7 Å². The highest BCUT2D eigenvalue weighted by molar-refractivity contribution is 6.01. The molecule has 1 fully saturated rings. The van der Waals surface area contributed by atoms with E-state index in [0.29, 0.717) is 18.8 Å². The molecule has 2 amide bonds. The number of nitrogens with zero attached hydrogens (tertiary/aromatic N) is 2. The first-order valence-electron chi connectivity index (χ1n) is 11.0. The number of ether oxygens (including phenoxy) is 3. The fourth-order valence-electron chi connectivity index (χ4n) is 4.78. The monoisotopic (exact) mass is 465 g/mol. The van der Waals surface area contributed by atoms with E-state index in [4.69, 9.17) is 19.9 Å². The van der Waals surface area contributed by atoms with E-state index in [1.54, 1.807) is 33.3 Å². The summed E-state index contributed by atoms with van der Waals surface area (Å²) in [5.74, 6) is -2.63. The van der Waals surface area contributed by atoms with Crippen molar-refractivity contribution >= 4 is 23.5 Å². The lowest BCUT2D eigenvalue weighted by molar-refractivity contribution is -0.145. The number of amides is 2. The van der Waals surface area contributed by atoms with Crippen molar-refractivity contribution < 1.29 is 33.0 Å². The summed E-state index contributed by atoms with van der Waals surface area (Å²) in [5.41, 5.74) is 6.41. The number of primary amides is 1. The van der Waals surface area contributed by atoms with Gasteiger partial charge in [0.1, 0.15) is 6.04 Å². The van der Waals surface area contributed by atoms with Crippen LogP contribution in [0.15, 0.2) is 12.1 Å². The molecule has 1 saturated heterocycles. The number of rotatable bonds is 9. The zero-order chi connectivity index (χ0) is 24.3. The van der Waals surface area contributed by atoms with E-state index < -0.39 is 35.6 Å². The molecule has 0 radical (unpaired) electrons. The molecule has 3 rings (SSSR count). The molecule has 2 N–H and O–H groups in total. The molecule has 9 nitrogen and oxygen atoms in total. The number of carbonyl (C=O) groups excluding carboxylic acids is 3. The average molecular weight is 466 g/mol. The predicted molar refractivity (Wildman–Crippen MR) is 118 cm³/mol. The molecule has 33 heavy (non-hydrogen) atoms. The largest absolute Gasteiger partial charge is 0.469 e. The van der Waals surface area contributed by atoms with E-state index in [1.165, 1.54) is 12.0 Å². The molecule has 2 atom stereocenters. The van der Waals surface area contributed by atoms with Gasteiger partial charge in [-0.3, -0.25) is 14.4 Å². The number of esters is 1. The number of halogens is 1. The van der Waals surface area contributed by atoms with Gasteiger partial charge in [0.2, 0.25) is 5.91 Å². The summed E-state index contributed by atoms with van der Waals surface area (Å²) >= 11 is 0. The van der Waals surface area contributed by atoms with Crippen LogP contribution >= 0.6 is 0 Å². The number of methoxy groups -OCH3 is 3. The van der Waals surface area contributed by atoms with Crippen LogP contribution in [0.25, 0.3) is 0 Å². The summed E-state index contributed by atoms with van der Waals surface area (Å²) in [7, 11) is 4.46. The summed E-state index contributed by atoms with van der Waals surface area (Å²) in [4.78, 5) is 40.1. The van der Waals surface area contributed by atoms with Crippen molar-refractivity contribution in [2.75, 3.05) is 39.3 Å². The van der Waals surface area contributed by atoms with Crippen LogP contribution in [0.5, 0.6) is 0 Å². The van der Waals surface area contributed by atoms with Crippen LogP contribution in [-0.4, -0.2) is 69.4 Å². The van der Waals surface area contributed by atoms with Gasteiger partial charge in [0.25, 0.3) is 5.91 Å². The number of carbonyl (C=O) groups is 3. The molecule has 0 aliphatic carbocycles. The highest BCUT2D eigenvalue weighted by Gasteiger charge is 2.39. The van der Waals surface area contributed by atoms with Crippen LogP contribution in [-0.2, 0) is 30.3 Å². The Labute approximate surface area is 192 Å². The van der Waals surface area contributed by atoms with Gasteiger partial charge in [0.15, 0.2) is 12.1 Å². The Kier molecular flexibility index (Phi) is 7.91. The standard InChI is InChI=1S/C23H32FN3O6/c1-13(22(30)31-2)11-18(20(25)28)27-12-16-15(21(27)29)5-6-17(19(16)24)26-9-7-14(8-10-26)23(32-3)33-4/h5-6,13-14,18,23H,7-12H2,1-4H3,(H2,25,28)/t13-,18-/m0/s1. The van der Waals surface area contributed by atoms with Crippen LogP contribution in [0.2, 0.25) is 0 Å². The molecule has 1 aromatic carbocycles. The molecule has 1 aromatic rings. The van der Waals surface area contributed by atoms with Crippen molar-refractivity contribution in [1.82, 2.24) is 4.90 Å². The second-order valence-electron chi connectivity index (χ2n) is 8.60. The topological polar surface area (TPSA) is 111 Å². The van der Waals surface area contributed by atoms with E-state index >= 15 is 4.39 Å². The minimum atomic E-state index is -1.04. The van der Waals surface area contributed by atoms with E-state index in [-0.39, 0.29) is 36.3 Å². The third-order valence-electron chi connectivity index (χ3n) is 6.66. The summed E-state index contributed by atoms with van der Waals surface area (Å²) in [6.07, 6.45) is 1.28. The molecule has 0 aromatic heterocycles. The number of fused-ring (bicyclic) bond motifs is 1. The van der Waals surface area contributed by atoms with Gasteiger partial charge >= 0.3 is 5.97 Å². The molecule has 2 aliphatic rings. The number of hydrogen-bond donors (Lipinski definition) is 1. The van der Waals surface area contributed by atoms with Crippen molar-refractivity contribution in [3.63, 3.8) is 0 Å². The average Bonchev–Trinajstić information content (AvgIpc) is 3.15. The van der Waals surface area contributed by atoms with E-state index in [9.17, 15) is 14.4 Å². The first-order valence-corrected chi connectivity index (χ1v) is 11.0. The highest BCUT2D eigenvalue weighted by Crippen LogP contribution is 2.35. The first kappa shape index (κ1) is 24.9. The van der Waals surface area contributed by atoms with Crippen molar-refractivity contribution in [3.05, 3.63) is 29.1 Å². The van der Waals surface area contributed by atoms with Crippen molar-refractivity contribution in [2.45, 2.75) is 45.1 Å². The van der Waals surface area contributed by atoms with Gasteiger partial charge in [-0.2, -0.15) is 0 Å². The van der Waals surface area contributed by atoms with Gasteiger partial charge in [-0.15, -0.1) is 0 Å². The molecular formula is C23H32FN3O6. The number of anilines is 1. The maximum absolute atomic E-state index is 15.5. The summed E-state index contributed by atoms with van der Waals surface area (Å²) in [5, 5.41) is 0. The van der Waals surface area contributed by atoms with Gasteiger partial charge in [-0.25, -0.2) is 4.39 Å². The van der Waals surface area contributed by atoms with Crippen LogP contribution in [0.3, 0.4) is 0 Å². The Hall–Kier alpha value is -2.72. The molecule has 0 saturated carbocycles. The minimum absolute atomic E-state index is 0.00386. The normalized spacial score (nSPS) is 18.4. The lowest BCUT2D eigenvalue weighted by atomic mass is 9.95. The zero-order valence-electron chi connectivity index (χ0n) is 19.5. The maximum atomic E-state index is 15.5. The Morgan fingerprint density at radius 1 is 1.18 bits per heavy atom. The molecule has 2 aliphatic heterocycles. The van der Waals surface area contributed by atoms with E-state index in [2.05, 4.69) is 0 Å². The van der Waals surface area contributed by atoms with Crippen molar-refractivity contribution in [2.24, 2.45) is 17.6 Å². The number of piperidine rings is 1. The van der Waals surface area contributed by atoms with Crippen LogP contribution in [0.4, 0.5) is 10.1 Å². The third kappa shape index (κ3) is 4.96. The quantitative estimate of drug-likeness (QED) is 0.436. The fourth-order valence-corrected chi connectivity index (χ4v) is 4.78. The number of hydrogen-bond acceptors (Lipinski definition) is 7. The Balaban J connectivity index is 1.77. The second-order valence-corrected chi connectivity index (χ2v) is 8.60. The lowest BCUT2D eigenvalue weighted by Gasteiger charge is -2.36. The molecule has 182 valence electrons. The van der Waals surface area contributed by atoms with Crippen LogP contribution < -0.4 is 10.6 Å². The number of nitrogens with two attached hydrogens (primary N) is 1. The fraction of sp³-hybridized carbons (Fsp3) is 0.609. The minimum Gasteiger partial charge on any atom is -0.469 e. The zero-order valence-corrected chi connectivity index (χ0v) is 19.5. The van der Waals surface area contributed by atoms with Crippen LogP contribution in [0.1, 0.15) is 42.1 Å². The van der Waals surface area contributed by atoms with Crippen molar-refractivity contribution in [3.8, 4) is 0 Å². The summed E-state index contributed by atoms with van der Waals surface area (Å²) in [6, 6.07) is 2.16. The Morgan fingerprint density at radius 3 is 2.36 bits per heavy atom. The number of benzene rings is 1.